The first kappa shape index (κ1) is 26.9. The largest absolute Gasteiger partial charge is 0.435 e. The quantitative estimate of drug-likeness (QED) is 0.469. The molecule has 1 aromatic heterocycles. The number of nitrogens with one attached hydrogen (secondary N) is 1. The molecule has 3 N–H and O–H groups in total. The number of hydrogen-bond acceptors (Lipinski definition) is 4. The zero-order valence-corrected chi connectivity index (χ0v) is 20.8. The average Bonchev–Trinajstić information content (AvgIpc) is 3.27. The molecule has 1 unspecified atom stereocenters. The highest BCUT2D eigenvalue weighted by Gasteiger charge is 2.39. The van der Waals surface area contributed by atoms with E-state index in [1.165, 1.54) is 17.0 Å². The van der Waals surface area contributed by atoms with Gasteiger partial charge in [-0.15, -0.1) is 0 Å². The third-order valence-corrected chi connectivity index (χ3v) is 6.58. The van der Waals surface area contributed by atoms with Crippen LogP contribution < -0.4 is 16.0 Å². The number of carbonyl (C=O) groups is 3. The van der Waals surface area contributed by atoms with E-state index in [2.05, 4.69) is 10.4 Å². The van der Waals surface area contributed by atoms with Crippen molar-refractivity contribution in [3.05, 3.63) is 82.7 Å². The topological polar surface area (TPSA) is 110 Å². The van der Waals surface area contributed by atoms with Crippen LogP contribution in [-0.2, 0) is 41.6 Å². The number of fused-ring (bicyclic) bond motifs is 1. The van der Waals surface area contributed by atoms with Crippen molar-refractivity contribution in [2.75, 3.05) is 11.9 Å². The molecule has 4 rings (SSSR count). The zero-order valence-electron chi connectivity index (χ0n) is 20.8. The van der Waals surface area contributed by atoms with Crippen molar-refractivity contribution in [3.63, 3.8) is 0 Å². The molecule has 200 valence electrons. The molecule has 3 aromatic rings. The summed E-state index contributed by atoms with van der Waals surface area (Å²) in [5.41, 5.74) is 6.38. The Morgan fingerprint density at radius 2 is 1.79 bits per heavy atom. The van der Waals surface area contributed by atoms with Crippen LogP contribution in [-0.4, -0.2) is 40.6 Å². The molecular formula is C27H28F3N5O3. The van der Waals surface area contributed by atoms with Crippen LogP contribution in [0.25, 0.3) is 0 Å². The second-order valence-corrected chi connectivity index (χ2v) is 9.26. The van der Waals surface area contributed by atoms with Crippen LogP contribution in [0.5, 0.6) is 0 Å². The highest BCUT2D eigenvalue weighted by molar-refractivity contribution is 5.99. The van der Waals surface area contributed by atoms with Gasteiger partial charge >= 0.3 is 6.18 Å². The van der Waals surface area contributed by atoms with Gasteiger partial charge in [0.05, 0.1) is 0 Å². The molecule has 0 spiro atoms. The van der Waals surface area contributed by atoms with Crippen molar-refractivity contribution >= 4 is 23.4 Å². The van der Waals surface area contributed by atoms with Crippen molar-refractivity contribution in [2.24, 2.45) is 5.73 Å². The van der Waals surface area contributed by atoms with E-state index >= 15 is 0 Å². The lowest BCUT2D eigenvalue weighted by Crippen LogP contribution is -2.49. The van der Waals surface area contributed by atoms with E-state index in [1.54, 1.807) is 49.5 Å². The average molecular weight is 528 g/mol. The van der Waals surface area contributed by atoms with Crippen molar-refractivity contribution in [1.82, 2.24) is 15.1 Å². The maximum Gasteiger partial charge on any atom is 0.435 e. The van der Waals surface area contributed by atoms with Gasteiger partial charge in [0.1, 0.15) is 12.6 Å². The SMILES string of the molecule is CN(C(=O)C(Cc1cccc(C(N)=O)c1)NC(=O)Cn1nc(C(F)(F)F)c2c1CCCC2)c1ccccc1. The molecule has 2 aromatic carbocycles. The Kier molecular flexibility index (Phi) is 7.84. The minimum absolute atomic E-state index is 0.0356. The summed E-state index contributed by atoms with van der Waals surface area (Å²) in [6, 6.07) is 14.1. The molecule has 38 heavy (non-hydrogen) atoms. The van der Waals surface area contributed by atoms with E-state index in [4.69, 9.17) is 5.73 Å². The summed E-state index contributed by atoms with van der Waals surface area (Å²) in [6.45, 7) is -0.460. The summed E-state index contributed by atoms with van der Waals surface area (Å²) >= 11 is 0. The number of carbonyl (C=O) groups excluding carboxylic acids is 3. The van der Waals surface area contributed by atoms with Crippen LogP contribution in [0.3, 0.4) is 0 Å². The highest BCUT2D eigenvalue weighted by atomic mass is 19.4. The molecule has 0 aliphatic heterocycles. The van der Waals surface area contributed by atoms with Crippen molar-refractivity contribution in [3.8, 4) is 0 Å². The fourth-order valence-electron chi connectivity index (χ4n) is 4.71. The number of para-hydroxylation sites is 1. The maximum atomic E-state index is 13.6. The Hall–Kier alpha value is -4.15. The number of anilines is 1. The lowest BCUT2D eigenvalue weighted by atomic mass is 9.95. The second-order valence-electron chi connectivity index (χ2n) is 9.26. The van der Waals surface area contributed by atoms with Gasteiger partial charge in [-0.1, -0.05) is 30.3 Å². The summed E-state index contributed by atoms with van der Waals surface area (Å²) in [4.78, 5) is 39.6. The number of hydrogen-bond donors (Lipinski definition) is 2. The van der Waals surface area contributed by atoms with Gasteiger partial charge in [0.15, 0.2) is 5.69 Å². The highest BCUT2D eigenvalue weighted by Crippen LogP contribution is 2.35. The molecule has 0 saturated carbocycles. The van der Waals surface area contributed by atoms with Gasteiger partial charge < -0.3 is 16.0 Å². The maximum absolute atomic E-state index is 13.6. The van der Waals surface area contributed by atoms with E-state index < -0.39 is 42.2 Å². The standard InChI is InChI=1S/C27H28F3N5O3/c1-34(19-10-3-2-4-11-19)26(38)21(15-17-8-7-9-18(14-17)25(31)37)32-23(36)16-35-22-13-6-5-12-20(22)24(33-35)27(28,29)30/h2-4,7-11,14,21H,5-6,12-13,15-16H2,1H3,(H2,31,37)(H,32,36). The molecule has 3 amide bonds. The van der Waals surface area contributed by atoms with Gasteiger partial charge in [-0.3, -0.25) is 19.1 Å². The molecule has 0 fully saturated rings. The van der Waals surface area contributed by atoms with Crippen LogP contribution in [0, 0.1) is 0 Å². The Bertz CT molecular complexity index is 1340. The fourth-order valence-corrected chi connectivity index (χ4v) is 4.71. The summed E-state index contributed by atoms with van der Waals surface area (Å²) in [6.07, 6.45) is -2.60. The molecule has 0 bridgehead atoms. The van der Waals surface area contributed by atoms with Crippen LogP contribution in [0.1, 0.15) is 45.7 Å². The normalized spacial score (nSPS) is 13.9. The molecule has 0 radical (unpaired) electrons. The summed E-state index contributed by atoms with van der Waals surface area (Å²) in [5, 5.41) is 6.42. The van der Waals surface area contributed by atoms with Gasteiger partial charge in [-0.05, 0) is 55.5 Å². The van der Waals surface area contributed by atoms with E-state index in [0.29, 0.717) is 36.2 Å². The number of amides is 3. The van der Waals surface area contributed by atoms with Gasteiger partial charge in [-0.2, -0.15) is 18.3 Å². The number of benzene rings is 2. The first-order chi connectivity index (χ1) is 18.0. The number of likely N-dealkylation sites (N-methyl/N-ethyl adjacent to an activating group) is 1. The number of halogens is 3. The van der Waals surface area contributed by atoms with Gasteiger partial charge in [0.25, 0.3) is 0 Å². The Labute approximate surface area is 217 Å². The Morgan fingerprint density at radius 3 is 2.47 bits per heavy atom. The van der Waals surface area contributed by atoms with Crippen molar-refractivity contribution in [2.45, 2.75) is 50.9 Å². The summed E-state index contributed by atoms with van der Waals surface area (Å²) in [5.74, 6) is -1.72. The molecular weight excluding hydrogens is 499 g/mol. The number of rotatable bonds is 8. The van der Waals surface area contributed by atoms with Crippen LogP contribution in [0.2, 0.25) is 0 Å². The molecule has 1 aliphatic rings. The minimum Gasteiger partial charge on any atom is -0.366 e. The van der Waals surface area contributed by atoms with Crippen LogP contribution >= 0.6 is 0 Å². The van der Waals surface area contributed by atoms with Gasteiger partial charge in [0.2, 0.25) is 17.7 Å². The molecule has 11 heteroatoms. The van der Waals surface area contributed by atoms with E-state index in [0.717, 1.165) is 4.68 Å². The number of primary amides is 1. The molecule has 8 nitrogen and oxygen atoms in total. The second kappa shape index (κ2) is 11.1. The number of nitrogens with two attached hydrogens (primary N) is 1. The Balaban J connectivity index is 1.59. The predicted octanol–water partition coefficient (Wildman–Crippen LogP) is 3.27. The monoisotopic (exact) mass is 527 g/mol. The first-order valence-corrected chi connectivity index (χ1v) is 12.2. The van der Waals surface area contributed by atoms with E-state index in [1.807, 2.05) is 0 Å². The molecule has 1 aliphatic carbocycles. The minimum atomic E-state index is -4.62. The first-order valence-electron chi connectivity index (χ1n) is 12.2. The zero-order chi connectivity index (χ0) is 27.4. The third kappa shape index (κ3) is 6.04. The smallest absolute Gasteiger partial charge is 0.366 e. The molecule has 1 atom stereocenters. The number of nitrogens with zero attached hydrogens (tertiary/aromatic N) is 3. The van der Waals surface area contributed by atoms with E-state index in [-0.39, 0.29) is 24.0 Å². The fraction of sp³-hybridized carbons (Fsp3) is 0.333. The van der Waals surface area contributed by atoms with Gasteiger partial charge in [0, 0.05) is 36.0 Å². The molecule has 1 heterocycles. The Morgan fingerprint density at radius 1 is 1.08 bits per heavy atom. The predicted molar refractivity (Wildman–Crippen MR) is 134 cm³/mol. The summed E-state index contributed by atoms with van der Waals surface area (Å²) < 4.78 is 41.8. The number of aromatic nitrogens is 2. The number of alkyl halides is 3. The molecule has 0 saturated heterocycles. The summed E-state index contributed by atoms with van der Waals surface area (Å²) in [7, 11) is 1.57. The third-order valence-electron chi connectivity index (χ3n) is 6.58. The van der Waals surface area contributed by atoms with Crippen molar-refractivity contribution < 1.29 is 27.6 Å². The van der Waals surface area contributed by atoms with Gasteiger partial charge in [-0.25, -0.2) is 0 Å². The lowest BCUT2D eigenvalue weighted by molar-refractivity contribution is -0.142. The lowest BCUT2D eigenvalue weighted by Gasteiger charge is -2.25. The van der Waals surface area contributed by atoms with Crippen molar-refractivity contribution in [1.29, 1.82) is 0 Å². The van der Waals surface area contributed by atoms with E-state index in [9.17, 15) is 27.6 Å². The van der Waals surface area contributed by atoms with Crippen LogP contribution in [0.15, 0.2) is 54.6 Å². The van der Waals surface area contributed by atoms with Crippen LogP contribution in [0.4, 0.5) is 18.9 Å².